The SMILES string of the molecule is CCOCCCCCCCCCCCCCCCCCCOCCCCCCCCCCCCCCCCCCOCC. The first kappa shape index (κ1) is 42.9. The number of ether oxygens (including phenoxy) is 3. The molecule has 0 radical (unpaired) electrons. The molecule has 260 valence electrons. The molecule has 0 amide bonds. The molecule has 0 aliphatic carbocycles. The van der Waals surface area contributed by atoms with Crippen LogP contribution in [0.4, 0.5) is 0 Å². The Morgan fingerprint density at radius 1 is 0.186 bits per heavy atom. The Hall–Kier alpha value is -0.120. The summed E-state index contributed by atoms with van der Waals surface area (Å²) in [5.41, 5.74) is 0. The summed E-state index contributed by atoms with van der Waals surface area (Å²) in [5.74, 6) is 0. The second-order valence-electron chi connectivity index (χ2n) is 13.3. The fourth-order valence-electron chi connectivity index (χ4n) is 6.16. The average Bonchev–Trinajstić information content (AvgIpc) is 3.02. The van der Waals surface area contributed by atoms with Crippen molar-refractivity contribution in [2.75, 3.05) is 39.6 Å². The molecule has 0 N–H and O–H groups in total. The molecule has 0 atom stereocenters. The minimum atomic E-state index is 0.869. The van der Waals surface area contributed by atoms with Crippen molar-refractivity contribution >= 4 is 0 Å². The first-order chi connectivity index (χ1) is 21.4. The molecule has 0 aliphatic rings. The monoisotopic (exact) mass is 611 g/mol. The molecule has 0 bridgehead atoms. The van der Waals surface area contributed by atoms with Gasteiger partial charge in [0.2, 0.25) is 0 Å². The molecule has 0 heterocycles. The van der Waals surface area contributed by atoms with Crippen LogP contribution in [-0.4, -0.2) is 39.6 Å². The van der Waals surface area contributed by atoms with Gasteiger partial charge in [-0.1, -0.05) is 180 Å². The molecule has 0 spiro atoms. The molecule has 0 rings (SSSR count). The molecule has 0 saturated heterocycles. The van der Waals surface area contributed by atoms with Crippen LogP contribution < -0.4 is 0 Å². The number of hydrogen-bond acceptors (Lipinski definition) is 3. The normalized spacial score (nSPS) is 11.6. The smallest absolute Gasteiger partial charge is 0.0466 e. The van der Waals surface area contributed by atoms with Gasteiger partial charge in [-0.15, -0.1) is 0 Å². The van der Waals surface area contributed by atoms with Crippen LogP contribution in [0, 0.1) is 0 Å². The summed E-state index contributed by atoms with van der Waals surface area (Å²) < 4.78 is 16.7. The lowest BCUT2D eigenvalue weighted by molar-refractivity contribution is 0.125. The van der Waals surface area contributed by atoms with E-state index in [4.69, 9.17) is 14.2 Å². The largest absolute Gasteiger partial charge is 0.382 e. The third kappa shape index (κ3) is 41.9. The zero-order valence-corrected chi connectivity index (χ0v) is 30.1. The topological polar surface area (TPSA) is 27.7 Å². The van der Waals surface area contributed by atoms with Crippen molar-refractivity contribution in [1.82, 2.24) is 0 Å². The molecular weight excluding hydrogens is 528 g/mol. The van der Waals surface area contributed by atoms with Gasteiger partial charge in [0, 0.05) is 39.6 Å². The summed E-state index contributed by atoms with van der Waals surface area (Å²) in [6, 6.07) is 0. The summed E-state index contributed by atoms with van der Waals surface area (Å²) >= 11 is 0. The summed E-state index contributed by atoms with van der Waals surface area (Å²) in [7, 11) is 0. The predicted molar refractivity (Wildman–Crippen MR) is 192 cm³/mol. The third-order valence-corrected chi connectivity index (χ3v) is 9.06. The first-order valence-electron chi connectivity index (χ1n) is 20.1. The van der Waals surface area contributed by atoms with Crippen LogP contribution in [-0.2, 0) is 14.2 Å². The molecule has 0 aliphatic heterocycles. The van der Waals surface area contributed by atoms with Crippen molar-refractivity contribution in [2.45, 2.75) is 219 Å². The van der Waals surface area contributed by atoms with Gasteiger partial charge < -0.3 is 14.2 Å². The van der Waals surface area contributed by atoms with Gasteiger partial charge in [-0.3, -0.25) is 0 Å². The van der Waals surface area contributed by atoms with E-state index >= 15 is 0 Å². The number of unbranched alkanes of at least 4 members (excludes halogenated alkanes) is 30. The van der Waals surface area contributed by atoms with Gasteiger partial charge in [-0.2, -0.15) is 0 Å². The second-order valence-corrected chi connectivity index (χ2v) is 13.3. The van der Waals surface area contributed by atoms with Crippen LogP contribution in [0.25, 0.3) is 0 Å². The highest BCUT2D eigenvalue weighted by Crippen LogP contribution is 2.15. The maximum atomic E-state index is 5.89. The van der Waals surface area contributed by atoms with Gasteiger partial charge in [0.25, 0.3) is 0 Å². The van der Waals surface area contributed by atoms with Crippen molar-refractivity contribution in [2.24, 2.45) is 0 Å². The molecule has 0 unspecified atom stereocenters. The molecule has 0 aromatic carbocycles. The van der Waals surface area contributed by atoms with Gasteiger partial charge in [-0.25, -0.2) is 0 Å². The lowest BCUT2D eigenvalue weighted by Gasteiger charge is -2.06. The molecule has 0 aromatic heterocycles. The van der Waals surface area contributed by atoms with Crippen molar-refractivity contribution in [1.29, 1.82) is 0 Å². The Morgan fingerprint density at radius 3 is 0.488 bits per heavy atom. The van der Waals surface area contributed by atoms with Gasteiger partial charge in [0.15, 0.2) is 0 Å². The van der Waals surface area contributed by atoms with E-state index in [0.29, 0.717) is 0 Å². The molecule has 3 nitrogen and oxygen atoms in total. The van der Waals surface area contributed by atoms with Crippen molar-refractivity contribution in [3.05, 3.63) is 0 Å². The van der Waals surface area contributed by atoms with E-state index in [9.17, 15) is 0 Å². The van der Waals surface area contributed by atoms with Crippen LogP contribution in [0.15, 0.2) is 0 Å². The molecule has 0 aromatic rings. The van der Waals surface area contributed by atoms with E-state index in [1.54, 1.807) is 0 Å². The Labute approximate surface area is 272 Å². The zero-order chi connectivity index (χ0) is 31.0. The lowest BCUT2D eigenvalue weighted by Crippen LogP contribution is -1.97. The van der Waals surface area contributed by atoms with E-state index in [-0.39, 0.29) is 0 Å². The molecule has 0 fully saturated rings. The molecule has 43 heavy (non-hydrogen) atoms. The zero-order valence-electron chi connectivity index (χ0n) is 30.1. The highest BCUT2D eigenvalue weighted by molar-refractivity contribution is 4.52. The van der Waals surface area contributed by atoms with Crippen LogP contribution in [0.2, 0.25) is 0 Å². The second kappa shape index (κ2) is 41.9. The highest BCUT2D eigenvalue weighted by Gasteiger charge is 1.98. The lowest BCUT2D eigenvalue weighted by atomic mass is 10.0. The quantitative estimate of drug-likeness (QED) is 0.0646. The van der Waals surface area contributed by atoms with Crippen LogP contribution in [0.1, 0.15) is 219 Å². The minimum Gasteiger partial charge on any atom is -0.382 e. The third-order valence-electron chi connectivity index (χ3n) is 9.06. The van der Waals surface area contributed by atoms with Crippen LogP contribution in [0.3, 0.4) is 0 Å². The Kier molecular flexibility index (Phi) is 41.8. The minimum absolute atomic E-state index is 0.869. The van der Waals surface area contributed by atoms with Crippen LogP contribution in [0.5, 0.6) is 0 Å². The Bertz CT molecular complexity index is 415. The molecule has 0 saturated carbocycles. The van der Waals surface area contributed by atoms with E-state index < -0.39 is 0 Å². The summed E-state index contributed by atoms with van der Waals surface area (Å²) in [4.78, 5) is 0. The predicted octanol–water partition coefficient (Wildman–Crippen LogP) is 13.6. The Morgan fingerprint density at radius 2 is 0.326 bits per heavy atom. The van der Waals surface area contributed by atoms with E-state index in [1.807, 2.05) is 0 Å². The maximum Gasteiger partial charge on any atom is 0.0466 e. The number of hydrogen-bond donors (Lipinski definition) is 0. The van der Waals surface area contributed by atoms with Crippen LogP contribution >= 0.6 is 0 Å². The van der Waals surface area contributed by atoms with Gasteiger partial charge in [-0.05, 0) is 39.5 Å². The maximum absolute atomic E-state index is 5.89. The van der Waals surface area contributed by atoms with E-state index in [1.165, 1.54) is 205 Å². The summed E-state index contributed by atoms with van der Waals surface area (Å²) in [5, 5.41) is 0. The van der Waals surface area contributed by atoms with Crippen molar-refractivity contribution < 1.29 is 14.2 Å². The fourth-order valence-corrected chi connectivity index (χ4v) is 6.16. The van der Waals surface area contributed by atoms with Gasteiger partial charge in [0.1, 0.15) is 0 Å². The standard InChI is InChI=1S/C40H82O3/c1-3-41-37-33-29-25-21-17-13-9-5-7-11-15-19-23-27-31-35-39-43-40-36-32-28-24-20-16-12-8-6-10-14-18-22-26-30-34-38-42-4-2/h3-40H2,1-2H3. The summed E-state index contributed by atoms with van der Waals surface area (Å²) in [6.45, 7) is 9.80. The van der Waals surface area contributed by atoms with Crippen molar-refractivity contribution in [3.63, 3.8) is 0 Å². The first-order valence-corrected chi connectivity index (χ1v) is 20.1. The van der Waals surface area contributed by atoms with E-state index in [2.05, 4.69) is 13.8 Å². The Balaban J connectivity index is 3.02. The van der Waals surface area contributed by atoms with Gasteiger partial charge in [0.05, 0.1) is 0 Å². The van der Waals surface area contributed by atoms with Crippen molar-refractivity contribution in [3.8, 4) is 0 Å². The highest BCUT2D eigenvalue weighted by atomic mass is 16.5. The molecular formula is C40H82O3. The van der Waals surface area contributed by atoms with E-state index in [0.717, 1.165) is 39.6 Å². The summed E-state index contributed by atoms with van der Waals surface area (Å²) in [6.07, 6.45) is 45.0. The number of rotatable bonds is 40. The van der Waals surface area contributed by atoms with Gasteiger partial charge >= 0.3 is 0 Å². The molecule has 3 heteroatoms. The average molecular weight is 611 g/mol. The fraction of sp³-hybridized carbons (Fsp3) is 1.00.